The SMILES string of the molecule is Cc1nc(Cl)cc(Oc2ccc(-c3noc(C)n3)cc2)n1. The highest BCUT2D eigenvalue weighted by atomic mass is 35.5. The zero-order valence-electron chi connectivity index (χ0n) is 11.4. The third-order valence-electron chi connectivity index (χ3n) is 2.65. The number of hydrogen-bond acceptors (Lipinski definition) is 6. The molecular formula is C14H11ClN4O2. The first-order valence-electron chi connectivity index (χ1n) is 6.20. The van der Waals surface area contributed by atoms with E-state index in [2.05, 4.69) is 20.1 Å². The number of aryl methyl sites for hydroxylation is 2. The average Bonchev–Trinajstić information content (AvgIpc) is 2.85. The van der Waals surface area contributed by atoms with Crippen LogP contribution >= 0.6 is 11.6 Å². The zero-order chi connectivity index (χ0) is 14.8. The van der Waals surface area contributed by atoms with Gasteiger partial charge in [0.25, 0.3) is 0 Å². The summed E-state index contributed by atoms with van der Waals surface area (Å²) in [5.41, 5.74) is 0.844. The van der Waals surface area contributed by atoms with Crippen molar-refractivity contribution in [1.29, 1.82) is 0 Å². The maximum absolute atomic E-state index is 5.87. The molecule has 0 fully saturated rings. The van der Waals surface area contributed by atoms with Crippen molar-refractivity contribution in [3.05, 3.63) is 47.2 Å². The Balaban J connectivity index is 1.81. The van der Waals surface area contributed by atoms with Gasteiger partial charge in [-0.1, -0.05) is 16.8 Å². The van der Waals surface area contributed by atoms with Crippen molar-refractivity contribution in [1.82, 2.24) is 20.1 Å². The Kier molecular flexibility index (Phi) is 3.53. The molecule has 7 heteroatoms. The summed E-state index contributed by atoms with van der Waals surface area (Å²) >= 11 is 5.87. The van der Waals surface area contributed by atoms with E-state index in [1.54, 1.807) is 32.0 Å². The predicted molar refractivity (Wildman–Crippen MR) is 76.3 cm³/mol. The number of halogens is 1. The van der Waals surface area contributed by atoms with Crippen molar-refractivity contribution >= 4 is 11.6 Å². The van der Waals surface area contributed by atoms with Crippen molar-refractivity contribution in [2.24, 2.45) is 0 Å². The van der Waals surface area contributed by atoms with Gasteiger partial charge in [-0.25, -0.2) is 4.98 Å². The molecule has 2 aromatic heterocycles. The van der Waals surface area contributed by atoms with Crippen LogP contribution in [0, 0.1) is 13.8 Å². The summed E-state index contributed by atoms with van der Waals surface area (Å²) in [4.78, 5) is 12.3. The van der Waals surface area contributed by atoms with Crippen LogP contribution in [0.5, 0.6) is 11.6 Å². The molecule has 1 aromatic carbocycles. The van der Waals surface area contributed by atoms with Crippen molar-refractivity contribution in [2.45, 2.75) is 13.8 Å². The van der Waals surface area contributed by atoms with Gasteiger partial charge in [-0.3, -0.25) is 0 Å². The highest BCUT2D eigenvalue weighted by Gasteiger charge is 2.07. The molecule has 0 N–H and O–H groups in total. The molecule has 0 unspecified atom stereocenters. The molecule has 0 spiro atoms. The molecule has 3 rings (SSSR count). The molecule has 3 aromatic rings. The second kappa shape index (κ2) is 5.49. The molecule has 0 aliphatic heterocycles. The molecule has 0 aliphatic rings. The fourth-order valence-electron chi connectivity index (χ4n) is 1.77. The summed E-state index contributed by atoms with van der Waals surface area (Å²) in [7, 11) is 0. The van der Waals surface area contributed by atoms with Gasteiger partial charge in [0.05, 0.1) is 0 Å². The van der Waals surface area contributed by atoms with Crippen LogP contribution in [-0.2, 0) is 0 Å². The van der Waals surface area contributed by atoms with Crippen molar-refractivity contribution in [2.75, 3.05) is 0 Å². The van der Waals surface area contributed by atoms with E-state index in [4.69, 9.17) is 20.9 Å². The Hall–Kier alpha value is -2.47. The normalized spacial score (nSPS) is 10.6. The minimum atomic E-state index is 0.344. The summed E-state index contributed by atoms with van der Waals surface area (Å²) < 4.78 is 10.6. The number of nitrogens with zero attached hydrogens (tertiary/aromatic N) is 4. The summed E-state index contributed by atoms with van der Waals surface area (Å²) in [5.74, 6) is 2.65. The fraction of sp³-hybridized carbons (Fsp3) is 0.143. The summed E-state index contributed by atoms with van der Waals surface area (Å²) in [5, 5.41) is 4.20. The lowest BCUT2D eigenvalue weighted by atomic mass is 10.2. The van der Waals surface area contributed by atoms with Crippen LogP contribution < -0.4 is 4.74 Å². The van der Waals surface area contributed by atoms with Gasteiger partial charge >= 0.3 is 0 Å². The van der Waals surface area contributed by atoms with Crippen molar-refractivity contribution < 1.29 is 9.26 Å². The van der Waals surface area contributed by atoms with Crippen LogP contribution in [0.2, 0.25) is 5.15 Å². The first-order chi connectivity index (χ1) is 10.1. The maximum atomic E-state index is 5.87. The summed E-state index contributed by atoms with van der Waals surface area (Å²) in [6.07, 6.45) is 0. The smallest absolute Gasteiger partial charge is 0.224 e. The van der Waals surface area contributed by atoms with Gasteiger partial charge in [-0.05, 0) is 31.2 Å². The van der Waals surface area contributed by atoms with Gasteiger partial charge in [0.2, 0.25) is 17.6 Å². The molecular weight excluding hydrogens is 292 g/mol. The van der Waals surface area contributed by atoms with E-state index in [0.29, 0.717) is 34.3 Å². The first-order valence-corrected chi connectivity index (χ1v) is 6.58. The topological polar surface area (TPSA) is 73.9 Å². The number of benzene rings is 1. The number of aromatic nitrogens is 4. The quantitative estimate of drug-likeness (QED) is 0.688. The largest absolute Gasteiger partial charge is 0.439 e. The number of hydrogen-bond donors (Lipinski definition) is 0. The van der Waals surface area contributed by atoms with E-state index in [0.717, 1.165) is 5.56 Å². The van der Waals surface area contributed by atoms with Crippen LogP contribution in [0.4, 0.5) is 0 Å². The van der Waals surface area contributed by atoms with Crippen LogP contribution in [0.25, 0.3) is 11.4 Å². The average molecular weight is 303 g/mol. The van der Waals surface area contributed by atoms with Crippen molar-refractivity contribution in [3.63, 3.8) is 0 Å². The number of ether oxygens (including phenoxy) is 1. The molecule has 0 bridgehead atoms. The highest BCUT2D eigenvalue weighted by Crippen LogP contribution is 2.24. The predicted octanol–water partition coefficient (Wildman–Crippen LogP) is 3.59. The Morgan fingerprint density at radius 1 is 1.05 bits per heavy atom. The van der Waals surface area contributed by atoms with E-state index in [-0.39, 0.29) is 0 Å². The monoisotopic (exact) mass is 302 g/mol. The molecule has 0 aliphatic carbocycles. The zero-order valence-corrected chi connectivity index (χ0v) is 12.1. The van der Waals surface area contributed by atoms with E-state index < -0.39 is 0 Å². The lowest BCUT2D eigenvalue weighted by molar-refractivity contribution is 0.394. The Labute approximate surface area is 125 Å². The van der Waals surface area contributed by atoms with Crippen LogP contribution in [0.3, 0.4) is 0 Å². The summed E-state index contributed by atoms with van der Waals surface area (Å²) in [6, 6.07) is 8.84. The van der Waals surface area contributed by atoms with E-state index in [1.807, 2.05) is 12.1 Å². The molecule has 0 amide bonds. The molecule has 2 heterocycles. The molecule has 0 radical (unpaired) electrons. The fourth-order valence-corrected chi connectivity index (χ4v) is 1.98. The van der Waals surface area contributed by atoms with E-state index >= 15 is 0 Å². The molecule has 0 saturated carbocycles. The molecule has 0 atom stereocenters. The molecule has 6 nitrogen and oxygen atoms in total. The van der Waals surface area contributed by atoms with Crippen molar-refractivity contribution in [3.8, 4) is 23.0 Å². The lowest BCUT2D eigenvalue weighted by Gasteiger charge is -2.05. The molecule has 106 valence electrons. The summed E-state index contributed by atoms with van der Waals surface area (Å²) in [6.45, 7) is 3.50. The third-order valence-corrected chi connectivity index (χ3v) is 2.84. The van der Waals surface area contributed by atoms with Crippen LogP contribution in [-0.4, -0.2) is 20.1 Å². The van der Waals surface area contributed by atoms with Gasteiger partial charge in [-0.15, -0.1) is 0 Å². The second-order valence-electron chi connectivity index (χ2n) is 4.34. The van der Waals surface area contributed by atoms with Gasteiger partial charge < -0.3 is 9.26 Å². The maximum Gasteiger partial charge on any atom is 0.224 e. The highest BCUT2D eigenvalue weighted by molar-refractivity contribution is 6.29. The van der Waals surface area contributed by atoms with Gasteiger partial charge in [0.15, 0.2) is 0 Å². The van der Waals surface area contributed by atoms with Gasteiger partial charge in [-0.2, -0.15) is 9.97 Å². The molecule has 0 saturated heterocycles. The Bertz CT molecular complexity index is 751. The number of rotatable bonds is 3. The third kappa shape index (κ3) is 3.17. The lowest BCUT2D eigenvalue weighted by Crippen LogP contribution is -1.93. The molecule has 21 heavy (non-hydrogen) atoms. The van der Waals surface area contributed by atoms with Gasteiger partial charge in [0.1, 0.15) is 16.7 Å². The first kappa shape index (κ1) is 13.5. The van der Waals surface area contributed by atoms with Crippen LogP contribution in [0.1, 0.15) is 11.7 Å². The van der Waals surface area contributed by atoms with E-state index in [1.165, 1.54) is 0 Å². The Morgan fingerprint density at radius 2 is 1.81 bits per heavy atom. The van der Waals surface area contributed by atoms with Gasteiger partial charge in [0, 0.05) is 18.6 Å². The van der Waals surface area contributed by atoms with Crippen LogP contribution in [0.15, 0.2) is 34.9 Å². The Morgan fingerprint density at radius 3 is 2.43 bits per heavy atom. The van der Waals surface area contributed by atoms with E-state index in [9.17, 15) is 0 Å². The standard InChI is InChI=1S/C14H11ClN4O2/c1-8-16-12(15)7-13(17-8)20-11-5-3-10(4-6-11)14-18-9(2)21-19-14/h3-7H,1-2H3. The second-order valence-corrected chi connectivity index (χ2v) is 4.73. The minimum absolute atomic E-state index is 0.344. The minimum Gasteiger partial charge on any atom is -0.439 e.